The maximum absolute atomic E-state index is 12.8. The summed E-state index contributed by atoms with van der Waals surface area (Å²) in [4.78, 5) is 19.4. The number of nitrogens with one attached hydrogen (secondary N) is 1. The van der Waals surface area contributed by atoms with E-state index in [2.05, 4.69) is 15.2 Å². The number of ether oxygens (including phenoxy) is 2. The van der Waals surface area contributed by atoms with Crippen molar-refractivity contribution in [3.8, 4) is 11.6 Å². The molecule has 1 aliphatic rings. The number of likely N-dealkylation sites (tertiary alicyclic amines) is 1. The maximum Gasteiger partial charge on any atom is 0.228 e. The zero-order valence-electron chi connectivity index (χ0n) is 16.3. The van der Waals surface area contributed by atoms with Crippen LogP contribution in [0.1, 0.15) is 25.3 Å². The van der Waals surface area contributed by atoms with E-state index >= 15 is 0 Å². The van der Waals surface area contributed by atoms with Crippen molar-refractivity contribution < 1.29 is 14.3 Å². The molecule has 1 N–H and O–H groups in total. The summed E-state index contributed by atoms with van der Waals surface area (Å²) in [6.45, 7) is 4.92. The average Bonchev–Trinajstić information content (AvgIpc) is 2.70. The SMILES string of the molecule is CCOc1ncccc1CN1CCCC(C(=O)Nc2ccc(OC)c(Cl)c2)C1. The minimum absolute atomic E-state index is 0.0159. The quantitative estimate of drug-likeness (QED) is 0.757. The number of rotatable bonds is 7. The molecule has 1 fully saturated rings. The Hall–Kier alpha value is -2.31. The molecule has 7 heteroatoms. The van der Waals surface area contributed by atoms with Gasteiger partial charge in [0.25, 0.3) is 0 Å². The second kappa shape index (κ2) is 9.75. The molecule has 1 aromatic carbocycles. The second-order valence-corrected chi connectivity index (χ2v) is 7.22. The van der Waals surface area contributed by atoms with E-state index in [1.165, 1.54) is 0 Å². The summed E-state index contributed by atoms with van der Waals surface area (Å²) < 4.78 is 10.8. The molecule has 28 heavy (non-hydrogen) atoms. The number of nitrogens with zero attached hydrogens (tertiary/aromatic N) is 2. The van der Waals surface area contributed by atoms with Gasteiger partial charge in [-0.25, -0.2) is 4.98 Å². The third-order valence-corrected chi connectivity index (χ3v) is 5.12. The number of amides is 1. The number of halogens is 1. The van der Waals surface area contributed by atoms with Gasteiger partial charge >= 0.3 is 0 Å². The lowest BCUT2D eigenvalue weighted by molar-refractivity contribution is -0.121. The van der Waals surface area contributed by atoms with E-state index in [0.717, 1.165) is 31.5 Å². The Morgan fingerprint density at radius 2 is 2.25 bits per heavy atom. The van der Waals surface area contributed by atoms with E-state index < -0.39 is 0 Å². The van der Waals surface area contributed by atoms with Crippen molar-refractivity contribution in [3.63, 3.8) is 0 Å². The number of benzene rings is 1. The van der Waals surface area contributed by atoms with Gasteiger partial charge in [-0.15, -0.1) is 0 Å². The molecule has 2 aromatic rings. The fourth-order valence-electron chi connectivity index (χ4n) is 3.45. The number of pyridine rings is 1. The molecule has 0 radical (unpaired) electrons. The Bertz CT molecular complexity index is 815. The molecule has 150 valence electrons. The van der Waals surface area contributed by atoms with Gasteiger partial charge < -0.3 is 14.8 Å². The molecule has 1 aromatic heterocycles. The maximum atomic E-state index is 12.8. The molecular weight excluding hydrogens is 378 g/mol. The lowest BCUT2D eigenvalue weighted by Crippen LogP contribution is -2.40. The molecule has 2 heterocycles. The molecule has 0 saturated carbocycles. The minimum atomic E-state index is -0.0677. The summed E-state index contributed by atoms with van der Waals surface area (Å²) in [5, 5.41) is 3.45. The van der Waals surface area contributed by atoms with Crippen molar-refractivity contribution in [2.45, 2.75) is 26.3 Å². The smallest absolute Gasteiger partial charge is 0.228 e. The van der Waals surface area contributed by atoms with Crippen LogP contribution in [-0.4, -0.2) is 42.6 Å². The van der Waals surface area contributed by atoms with E-state index in [9.17, 15) is 4.79 Å². The van der Waals surface area contributed by atoms with Gasteiger partial charge in [0.1, 0.15) is 5.75 Å². The summed E-state index contributed by atoms with van der Waals surface area (Å²) in [5.74, 6) is 1.21. The van der Waals surface area contributed by atoms with Crippen LogP contribution in [0.3, 0.4) is 0 Å². The van der Waals surface area contributed by atoms with E-state index in [0.29, 0.717) is 35.5 Å². The van der Waals surface area contributed by atoms with Crippen LogP contribution in [0.2, 0.25) is 5.02 Å². The van der Waals surface area contributed by atoms with Gasteiger partial charge in [-0.1, -0.05) is 17.7 Å². The highest BCUT2D eigenvalue weighted by Crippen LogP contribution is 2.28. The first-order valence-corrected chi connectivity index (χ1v) is 9.92. The minimum Gasteiger partial charge on any atom is -0.495 e. The summed E-state index contributed by atoms with van der Waals surface area (Å²) in [6, 6.07) is 9.21. The highest BCUT2D eigenvalue weighted by atomic mass is 35.5. The molecule has 0 aliphatic carbocycles. The number of piperidine rings is 1. The molecular formula is C21H26ClN3O3. The number of hydrogen-bond donors (Lipinski definition) is 1. The van der Waals surface area contributed by atoms with Crippen molar-refractivity contribution in [1.29, 1.82) is 0 Å². The van der Waals surface area contributed by atoms with Gasteiger partial charge in [-0.2, -0.15) is 0 Å². The van der Waals surface area contributed by atoms with Gasteiger partial charge in [-0.3, -0.25) is 9.69 Å². The molecule has 3 rings (SSSR count). The van der Waals surface area contributed by atoms with Gasteiger partial charge in [0.05, 0.1) is 24.7 Å². The third kappa shape index (κ3) is 5.14. The third-order valence-electron chi connectivity index (χ3n) is 4.82. The molecule has 1 unspecified atom stereocenters. The molecule has 1 amide bonds. The van der Waals surface area contributed by atoms with Gasteiger partial charge in [0.2, 0.25) is 11.8 Å². The number of anilines is 1. The van der Waals surface area contributed by atoms with Gasteiger partial charge in [-0.05, 0) is 50.6 Å². The predicted molar refractivity (Wildman–Crippen MR) is 110 cm³/mol. The van der Waals surface area contributed by atoms with Crippen LogP contribution in [0, 0.1) is 5.92 Å². The Morgan fingerprint density at radius 3 is 3.00 bits per heavy atom. The number of hydrogen-bond acceptors (Lipinski definition) is 5. The monoisotopic (exact) mass is 403 g/mol. The van der Waals surface area contributed by atoms with Crippen LogP contribution < -0.4 is 14.8 Å². The van der Waals surface area contributed by atoms with Crippen LogP contribution in [0.4, 0.5) is 5.69 Å². The second-order valence-electron chi connectivity index (χ2n) is 6.81. The highest BCUT2D eigenvalue weighted by Gasteiger charge is 2.26. The van der Waals surface area contributed by atoms with Crippen LogP contribution in [0.25, 0.3) is 0 Å². The fraction of sp³-hybridized carbons (Fsp3) is 0.429. The first kappa shape index (κ1) is 20.4. The van der Waals surface area contributed by atoms with Crippen LogP contribution in [0.15, 0.2) is 36.5 Å². The molecule has 1 atom stereocenters. The van der Waals surface area contributed by atoms with Crippen molar-refractivity contribution >= 4 is 23.2 Å². The van der Waals surface area contributed by atoms with Crippen LogP contribution in [-0.2, 0) is 11.3 Å². The van der Waals surface area contributed by atoms with Crippen molar-refractivity contribution in [2.24, 2.45) is 5.92 Å². The Kier molecular flexibility index (Phi) is 7.12. The van der Waals surface area contributed by atoms with Gasteiger partial charge in [0.15, 0.2) is 0 Å². The number of carbonyl (C=O) groups excluding carboxylic acids is 1. The molecule has 1 saturated heterocycles. The first-order chi connectivity index (χ1) is 13.6. The molecule has 0 spiro atoms. The molecule has 6 nitrogen and oxygen atoms in total. The lowest BCUT2D eigenvalue weighted by Gasteiger charge is -2.32. The number of aromatic nitrogens is 1. The fourth-order valence-corrected chi connectivity index (χ4v) is 3.71. The summed E-state index contributed by atoms with van der Waals surface area (Å²) in [7, 11) is 1.56. The summed E-state index contributed by atoms with van der Waals surface area (Å²) in [6.07, 6.45) is 3.59. The largest absolute Gasteiger partial charge is 0.495 e. The normalized spacial score (nSPS) is 17.2. The predicted octanol–water partition coefficient (Wildman–Crippen LogP) is 3.99. The van der Waals surface area contributed by atoms with E-state index in [1.54, 1.807) is 31.5 Å². The van der Waals surface area contributed by atoms with E-state index in [4.69, 9.17) is 21.1 Å². The Morgan fingerprint density at radius 1 is 1.39 bits per heavy atom. The molecule has 0 bridgehead atoms. The van der Waals surface area contributed by atoms with Crippen molar-refractivity contribution in [2.75, 3.05) is 32.1 Å². The Balaban J connectivity index is 1.61. The van der Waals surface area contributed by atoms with Gasteiger partial charge in [0, 0.05) is 30.5 Å². The standard InChI is InChI=1S/C21H26ClN3O3/c1-3-28-21-16(6-4-10-23-21)14-25-11-5-7-15(13-25)20(26)24-17-8-9-19(27-2)18(22)12-17/h4,6,8-10,12,15H,3,5,7,11,13-14H2,1-2H3,(H,24,26). The number of carbonyl (C=O) groups is 1. The summed E-state index contributed by atoms with van der Waals surface area (Å²) >= 11 is 6.15. The zero-order chi connectivity index (χ0) is 19.9. The zero-order valence-corrected chi connectivity index (χ0v) is 17.0. The topological polar surface area (TPSA) is 63.7 Å². The average molecular weight is 404 g/mol. The van der Waals surface area contributed by atoms with Crippen LogP contribution >= 0.6 is 11.6 Å². The number of methoxy groups -OCH3 is 1. The van der Waals surface area contributed by atoms with E-state index in [1.807, 2.05) is 19.1 Å². The molecule has 1 aliphatic heterocycles. The van der Waals surface area contributed by atoms with Crippen molar-refractivity contribution in [3.05, 3.63) is 47.1 Å². The highest BCUT2D eigenvalue weighted by molar-refractivity contribution is 6.32. The van der Waals surface area contributed by atoms with Crippen LogP contribution in [0.5, 0.6) is 11.6 Å². The van der Waals surface area contributed by atoms with Crippen molar-refractivity contribution in [1.82, 2.24) is 9.88 Å². The first-order valence-electron chi connectivity index (χ1n) is 9.54. The summed E-state index contributed by atoms with van der Waals surface area (Å²) in [5.41, 5.74) is 1.73. The lowest BCUT2D eigenvalue weighted by atomic mass is 9.96. The van der Waals surface area contributed by atoms with E-state index in [-0.39, 0.29) is 11.8 Å². The Labute approximate surface area is 170 Å².